The van der Waals surface area contributed by atoms with Gasteiger partial charge in [0.05, 0.1) is 0 Å². The van der Waals surface area contributed by atoms with Gasteiger partial charge in [-0.25, -0.2) is 0 Å². The van der Waals surface area contributed by atoms with E-state index in [-0.39, 0.29) is 5.41 Å². The van der Waals surface area contributed by atoms with Crippen LogP contribution in [0.2, 0.25) is 0 Å². The SMILES string of the molecule is Cc1cc(C)c(-c2nc(-c3cc(-c4cccc5ccccc45)cc(C(C)(C)C)c3)no2)c(C)c1. The lowest BCUT2D eigenvalue weighted by Crippen LogP contribution is -2.11. The van der Waals surface area contributed by atoms with Crippen molar-refractivity contribution in [2.24, 2.45) is 0 Å². The van der Waals surface area contributed by atoms with Crippen molar-refractivity contribution in [1.82, 2.24) is 10.1 Å². The highest BCUT2D eigenvalue weighted by atomic mass is 16.5. The van der Waals surface area contributed by atoms with Gasteiger partial charge in [0.1, 0.15) is 0 Å². The summed E-state index contributed by atoms with van der Waals surface area (Å²) in [5.74, 6) is 1.18. The van der Waals surface area contributed by atoms with Gasteiger partial charge in [-0.2, -0.15) is 4.98 Å². The Hall–Kier alpha value is -3.72. The van der Waals surface area contributed by atoms with Crippen molar-refractivity contribution < 1.29 is 4.52 Å². The van der Waals surface area contributed by atoms with Crippen LogP contribution in [0, 0.1) is 20.8 Å². The number of benzene rings is 4. The maximum absolute atomic E-state index is 5.79. The maximum atomic E-state index is 5.79. The lowest BCUT2D eigenvalue weighted by atomic mass is 9.83. The Bertz CT molecular complexity index is 1490. The van der Waals surface area contributed by atoms with E-state index in [9.17, 15) is 0 Å². The molecule has 0 aliphatic heterocycles. The molecule has 1 aromatic heterocycles. The second-order valence-electron chi connectivity index (χ2n) is 10.3. The van der Waals surface area contributed by atoms with E-state index in [2.05, 4.69) is 119 Å². The van der Waals surface area contributed by atoms with Crippen LogP contribution in [0.5, 0.6) is 0 Å². The zero-order valence-electron chi connectivity index (χ0n) is 20.7. The number of fused-ring (bicyclic) bond motifs is 1. The minimum Gasteiger partial charge on any atom is -0.334 e. The monoisotopic (exact) mass is 446 g/mol. The lowest BCUT2D eigenvalue weighted by molar-refractivity contribution is 0.432. The van der Waals surface area contributed by atoms with Crippen LogP contribution in [-0.2, 0) is 5.41 Å². The number of aryl methyl sites for hydroxylation is 3. The Morgan fingerprint density at radius 2 is 1.41 bits per heavy atom. The first-order chi connectivity index (χ1) is 16.2. The van der Waals surface area contributed by atoms with E-state index in [0.717, 1.165) is 27.8 Å². The van der Waals surface area contributed by atoms with Crippen LogP contribution < -0.4 is 0 Å². The molecule has 0 spiro atoms. The van der Waals surface area contributed by atoms with Crippen LogP contribution in [0.1, 0.15) is 43.0 Å². The molecule has 0 bridgehead atoms. The van der Waals surface area contributed by atoms with Crippen LogP contribution in [0.4, 0.5) is 0 Å². The van der Waals surface area contributed by atoms with Crippen LogP contribution in [0.3, 0.4) is 0 Å². The van der Waals surface area contributed by atoms with Crippen molar-refractivity contribution in [3.05, 3.63) is 95.1 Å². The van der Waals surface area contributed by atoms with Crippen LogP contribution in [0.15, 0.2) is 77.3 Å². The van der Waals surface area contributed by atoms with Crippen molar-refractivity contribution in [2.45, 2.75) is 47.0 Å². The second-order valence-corrected chi connectivity index (χ2v) is 10.3. The quantitative estimate of drug-likeness (QED) is 0.279. The molecule has 1 heterocycles. The first kappa shape index (κ1) is 22.1. The molecule has 3 nitrogen and oxygen atoms in total. The molecule has 0 N–H and O–H groups in total. The fourth-order valence-electron chi connectivity index (χ4n) is 4.78. The zero-order valence-corrected chi connectivity index (χ0v) is 20.7. The summed E-state index contributed by atoms with van der Waals surface area (Å²) in [5, 5.41) is 6.87. The summed E-state index contributed by atoms with van der Waals surface area (Å²) >= 11 is 0. The minimum absolute atomic E-state index is 0.0218. The molecule has 3 heteroatoms. The normalized spacial score (nSPS) is 11.8. The molecule has 4 aromatic carbocycles. The van der Waals surface area contributed by atoms with Gasteiger partial charge in [-0.15, -0.1) is 0 Å². The van der Waals surface area contributed by atoms with Gasteiger partial charge in [-0.05, 0) is 76.9 Å². The molecule has 170 valence electrons. The number of rotatable bonds is 3. The summed E-state index contributed by atoms with van der Waals surface area (Å²) in [6.45, 7) is 13.0. The molecular formula is C31H30N2O. The van der Waals surface area contributed by atoms with E-state index in [1.165, 1.54) is 27.5 Å². The summed E-state index contributed by atoms with van der Waals surface area (Å²) in [5.41, 5.74) is 9.09. The van der Waals surface area contributed by atoms with Gasteiger partial charge in [-0.1, -0.05) is 92.2 Å². The van der Waals surface area contributed by atoms with Gasteiger partial charge in [-0.3, -0.25) is 0 Å². The highest BCUT2D eigenvalue weighted by Gasteiger charge is 2.20. The number of nitrogens with zero attached hydrogens (tertiary/aromatic N) is 2. The van der Waals surface area contributed by atoms with Crippen molar-refractivity contribution in [3.8, 4) is 34.0 Å². The van der Waals surface area contributed by atoms with Crippen molar-refractivity contribution in [3.63, 3.8) is 0 Å². The Balaban J connectivity index is 1.68. The predicted molar refractivity (Wildman–Crippen MR) is 141 cm³/mol. The third-order valence-electron chi connectivity index (χ3n) is 6.47. The highest BCUT2D eigenvalue weighted by molar-refractivity contribution is 5.97. The third-order valence-corrected chi connectivity index (χ3v) is 6.47. The predicted octanol–water partition coefficient (Wildman–Crippen LogP) is 8.45. The molecule has 0 unspecified atom stereocenters. The maximum Gasteiger partial charge on any atom is 0.258 e. The third kappa shape index (κ3) is 4.03. The first-order valence-electron chi connectivity index (χ1n) is 11.8. The summed E-state index contributed by atoms with van der Waals surface area (Å²) in [6.07, 6.45) is 0. The largest absolute Gasteiger partial charge is 0.334 e. The Kier molecular flexibility index (Phi) is 5.36. The topological polar surface area (TPSA) is 38.9 Å². The molecule has 0 atom stereocenters. The van der Waals surface area contributed by atoms with Gasteiger partial charge >= 0.3 is 0 Å². The summed E-state index contributed by atoms with van der Waals surface area (Å²) < 4.78 is 5.79. The molecule has 5 rings (SSSR count). The van der Waals surface area contributed by atoms with E-state index in [1.807, 2.05) is 0 Å². The molecule has 0 saturated heterocycles. The number of hydrogen-bond donors (Lipinski definition) is 0. The van der Waals surface area contributed by atoms with E-state index in [4.69, 9.17) is 9.51 Å². The Morgan fingerprint density at radius 3 is 2.15 bits per heavy atom. The van der Waals surface area contributed by atoms with Crippen LogP contribution in [0.25, 0.3) is 44.7 Å². The molecule has 5 aromatic rings. The van der Waals surface area contributed by atoms with Crippen LogP contribution >= 0.6 is 0 Å². The average Bonchev–Trinajstić information content (AvgIpc) is 3.27. The fourth-order valence-corrected chi connectivity index (χ4v) is 4.78. The number of hydrogen-bond acceptors (Lipinski definition) is 3. The van der Waals surface area contributed by atoms with Crippen molar-refractivity contribution in [2.75, 3.05) is 0 Å². The number of aromatic nitrogens is 2. The molecule has 34 heavy (non-hydrogen) atoms. The van der Waals surface area contributed by atoms with Gasteiger partial charge < -0.3 is 4.52 Å². The standard InChI is InChI=1S/C31H30N2O/c1-19-14-20(2)28(21(3)15-19)30-32-29(33-34-30)24-16-23(17-25(18-24)31(4,5)6)27-13-9-11-22-10-7-8-12-26(22)27/h7-18H,1-6H3. The van der Waals surface area contributed by atoms with Crippen LogP contribution in [-0.4, -0.2) is 10.1 Å². The lowest BCUT2D eigenvalue weighted by Gasteiger charge is -2.21. The van der Waals surface area contributed by atoms with Gasteiger partial charge in [0, 0.05) is 11.1 Å². The average molecular weight is 447 g/mol. The molecule has 0 radical (unpaired) electrons. The molecule has 0 aliphatic carbocycles. The van der Waals surface area contributed by atoms with E-state index in [0.29, 0.717) is 11.7 Å². The fraction of sp³-hybridized carbons (Fsp3) is 0.226. The van der Waals surface area contributed by atoms with Crippen molar-refractivity contribution >= 4 is 10.8 Å². The highest BCUT2D eigenvalue weighted by Crippen LogP contribution is 2.36. The summed E-state index contributed by atoms with van der Waals surface area (Å²) in [7, 11) is 0. The zero-order chi connectivity index (χ0) is 24.0. The van der Waals surface area contributed by atoms with E-state index >= 15 is 0 Å². The summed E-state index contributed by atoms with van der Waals surface area (Å²) in [4.78, 5) is 4.84. The van der Waals surface area contributed by atoms with Gasteiger partial charge in [0.15, 0.2) is 0 Å². The molecular weight excluding hydrogens is 416 g/mol. The smallest absolute Gasteiger partial charge is 0.258 e. The van der Waals surface area contributed by atoms with Crippen molar-refractivity contribution in [1.29, 1.82) is 0 Å². The van der Waals surface area contributed by atoms with Gasteiger partial charge in [0.25, 0.3) is 5.89 Å². The molecule has 0 fully saturated rings. The first-order valence-corrected chi connectivity index (χ1v) is 11.8. The Labute approximate surface area is 201 Å². The molecule has 0 saturated carbocycles. The van der Waals surface area contributed by atoms with E-state index < -0.39 is 0 Å². The van der Waals surface area contributed by atoms with E-state index in [1.54, 1.807) is 0 Å². The molecule has 0 amide bonds. The second kappa shape index (κ2) is 8.25. The minimum atomic E-state index is -0.0218. The summed E-state index contributed by atoms with van der Waals surface area (Å²) in [6, 6.07) is 26.0. The van der Waals surface area contributed by atoms with Gasteiger partial charge in [0.2, 0.25) is 5.82 Å². The molecule has 0 aliphatic rings. The Morgan fingerprint density at radius 1 is 0.735 bits per heavy atom.